The molecule has 6 heteroatoms. The van der Waals surface area contributed by atoms with Gasteiger partial charge in [-0.3, -0.25) is 9.69 Å². The smallest absolute Gasteiger partial charge is 0.261 e. The maximum Gasteiger partial charge on any atom is 0.261 e. The quantitative estimate of drug-likeness (QED) is 0.808. The van der Waals surface area contributed by atoms with Crippen molar-refractivity contribution in [2.45, 2.75) is 19.3 Å². The molecule has 0 unspecified atom stereocenters. The Balaban J connectivity index is 1.47. The lowest BCUT2D eigenvalue weighted by atomic mass is 10.1. The molecular formula is C22H29N3O2S. The second-order valence-corrected chi connectivity index (χ2v) is 8.48. The fraction of sp³-hybridized carbons (Fsp3) is 0.500. The summed E-state index contributed by atoms with van der Waals surface area (Å²) in [7, 11) is 0. The van der Waals surface area contributed by atoms with E-state index in [2.05, 4.69) is 45.4 Å². The number of hydrogen-bond donors (Lipinski definition) is 1. The van der Waals surface area contributed by atoms with Crippen LogP contribution < -0.4 is 10.2 Å². The van der Waals surface area contributed by atoms with Gasteiger partial charge in [0.1, 0.15) is 0 Å². The topological polar surface area (TPSA) is 44.8 Å². The van der Waals surface area contributed by atoms with E-state index in [-0.39, 0.29) is 5.91 Å². The molecule has 1 aromatic heterocycles. The first-order valence-electron chi connectivity index (χ1n) is 10.3. The Kier molecular flexibility index (Phi) is 6.62. The summed E-state index contributed by atoms with van der Waals surface area (Å²) in [4.78, 5) is 18.4. The van der Waals surface area contributed by atoms with E-state index in [1.807, 2.05) is 6.07 Å². The third-order valence-corrected chi connectivity index (χ3v) is 6.68. The first kappa shape index (κ1) is 19.4. The van der Waals surface area contributed by atoms with E-state index in [0.717, 1.165) is 50.8 Å². The van der Waals surface area contributed by atoms with Crippen LogP contribution in [-0.4, -0.2) is 63.3 Å². The van der Waals surface area contributed by atoms with Crippen molar-refractivity contribution < 1.29 is 9.53 Å². The van der Waals surface area contributed by atoms with Crippen LogP contribution in [0.1, 0.15) is 28.9 Å². The van der Waals surface area contributed by atoms with Crippen molar-refractivity contribution >= 4 is 22.2 Å². The third kappa shape index (κ3) is 4.74. The van der Waals surface area contributed by atoms with Crippen molar-refractivity contribution in [1.29, 1.82) is 0 Å². The zero-order valence-corrected chi connectivity index (χ0v) is 17.2. The lowest BCUT2D eigenvalue weighted by Gasteiger charge is -2.28. The van der Waals surface area contributed by atoms with Crippen molar-refractivity contribution in [2.24, 2.45) is 0 Å². The van der Waals surface area contributed by atoms with E-state index in [9.17, 15) is 4.79 Å². The standard InChI is InChI=1S/C22H29N3O2S/c26-21(23-9-12-24-13-15-27-16-14-24)20-17-19(18-7-3-1-4-8-18)22(28-20)25-10-5-2-6-11-25/h1,3-4,7-8,17H,2,5-6,9-16H2,(H,23,26). The Morgan fingerprint density at radius 2 is 1.79 bits per heavy atom. The van der Waals surface area contributed by atoms with Gasteiger partial charge in [-0.25, -0.2) is 0 Å². The number of nitrogens with one attached hydrogen (secondary N) is 1. The monoisotopic (exact) mass is 399 g/mol. The molecule has 0 spiro atoms. The summed E-state index contributed by atoms with van der Waals surface area (Å²) in [5.74, 6) is 0.0405. The van der Waals surface area contributed by atoms with Crippen LogP contribution in [0.3, 0.4) is 0 Å². The molecule has 28 heavy (non-hydrogen) atoms. The minimum atomic E-state index is 0.0405. The summed E-state index contributed by atoms with van der Waals surface area (Å²) in [6.07, 6.45) is 3.76. The largest absolute Gasteiger partial charge is 0.379 e. The number of rotatable bonds is 6. The first-order valence-corrected chi connectivity index (χ1v) is 11.2. The molecule has 150 valence electrons. The molecule has 0 atom stereocenters. The second kappa shape index (κ2) is 9.54. The van der Waals surface area contributed by atoms with Gasteiger partial charge in [-0.2, -0.15) is 0 Å². The highest BCUT2D eigenvalue weighted by Gasteiger charge is 2.21. The first-order chi connectivity index (χ1) is 13.8. The number of anilines is 1. The zero-order valence-electron chi connectivity index (χ0n) is 16.4. The van der Waals surface area contributed by atoms with Crippen LogP contribution >= 0.6 is 11.3 Å². The second-order valence-electron chi connectivity index (χ2n) is 7.45. The van der Waals surface area contributed by atoms with Crippen LogP contribution in [0.15, 0.2) is 36.4 Å². The molecule has 0 radical (unpaired) electrons. The van der Waals surface area contributed by atoms with Crippen LogP contribution in [0.5, 0.6) is 0 Å². The number of carbonyl (C=O) groups excluding carboxylic acids is 1. The molecular weight excluding hydrogens is 370 g/mol. The van der Waals surface area contributed by atoms with Crippen molar-refractivity contribution in [3.63, 3.8) is 0 Å². The Bertz CT molecular complexity index is 765. The molecule has 1 aromatic carbocycles. The summed E-state index contributed by atoms with van der Waals surface area (Å²) in [6, 6.07) is 12.5. The molecule has 3 heterocycles. The molecule has 5 nitrogen and oxygen atoms in total. The van der Waals surface area contributed by atoms with Gasteiger partial charge >= 0.3 is 0 Å². The van der Waals surface area contributed by atoms with Crippen LogP contribution in [0.25, 0.3) is 11.1 Å². The molecule has 0 saturated carbocycles. The van der Waals surface area contributed by atoms with Crippen LogP contribution in [0.4, 0.5) is 5.00 Å². The molecule has 2 aromatic rings. The molecule has 1 amide bonds. The Hall–Kier alpha value is -1.89. The molecule has 2 saturated heterocycles. The molecule has 0 bridgehead atoms. The minimum Gasteiger partial charge on any atom is -0.379 e. The van der Waals surface area contributed by atoms with Gasteiger partial charge in [0.15, 0.2) is 0 Å². The van der Waals surface area contributed by atoms with Gasteiger partial charge in [0.2, 0.25) is 0 Å². The normalized spacial score (nSPS) is 18.2. The number of amides is 1. The average Bonchev–Trinajstić information content (AvgIpc) is 3.21. The van der Waals surface area contributed by atoms with E-state index in [1.165, 1.54) is 35.4 Å². The fourth-order valence-electron chi connectivity index (χ4n) is 3.89. The average molecular weight is 400 g/mol. The predicted octanol–water partition coefficient (Wildman–Crippen LogP) is 3.47. The van der Waals surface area contributed by atoms with Gasteiger partial charge in [-0.1, -0.05) is 30.3 Å². The Morgan fingerprint density at radius 3 is 2.54 bits per heavy atom. The van der Waals surface area contributed by atoms with E-state index >= 15 is 0 Å². The number of morpholine rings is 1. The van der Waals surface area contributed by atoms with Gasteiger partial charge in [-0.05, 0) is 30.9 Å². The summed E-state index contributed by atoms with van der Waals surface area (Å²) in [5.41, 5.74) is 2.37. The van der Waals surface area contributed by atoms with Crippen LogP contribution in [0.2, 0.25) is 0 Å². The molecule has 1 N–H and O–H groups in total. The molecule has 4 rings (SSSR count). The highest BCUT2D eigenvalue weighted by Crippen LogP contribution is 2.40. The zero-order chi connectivity index (χ0) is 19.2. The summed E-state index contributed by atoms with van der Waals surface area (Å²) < 4.78 is 5.38. The van der Waals surface area contributed by atoms with Crippen molar-refractivity contribution in [3.8, 4) is 11.1 Å². The third-order valence-electron chi connectivity index (χ3n) is 5.48. The van der Waals surface area contributed by atoms with Gasteiger partial charge in [0.25, 0.3) is 5.91 Å². The van der Waals surface area contributed by atoms with Crippen LogP contribution in [-0.2, 0) is 4.74 Å². The lowest BCUT2D eigenvalue weighted by molar-refractivity contribution is 0.0383. The van der Waals surface area contributed by atoms with E-state index in [0.29, 0.717) is 6.54 Å². The minimum absolute atomic E-state index is 0.0405. The predicted molar refractivity (Wildman–Crippen MR) is 115 cm³/mol. The Labute approximate surface area is 171 Å². The highest BCUT2D eigenvalue weighted by molar-refractivity contribution is 7.18. The number of ether oxygens (including phenoxy) is 1. The molecule has 0 aliphatic carbocycles. The van der Waals surface area contributed by atoms with E-state index < -0.39 is 0 Å². The molecule has 2 fully saturated rings. The van der Waals surface area contributed by atoms with Gasteiger partial charge in [0.05, 0.1) is 23.1 Å². The van der Waals surface area contributed by atoms with Crippen molar-refractivity contribution in [2.75, 3.05) is 57.4 Å². The van der Waals surface area contributed by atoms with Crippen LogP contribution in [0, 0.1) is 0 Å². The number of carbonyl (C=O) groups is 1. The maximum absolute atomic E-state index is 12.8. The summed E-state index contributed by atoms with van der Waals surface area (Å²) >= 11 is 1.64. The van der Waals surface area contributed by atoms with E-state index in [1.54, 1.807) is 11.3 Å². The summed E-state index contributed by atoms with van der Waals surface area (Å²) in [6.45, 7) is 7.20. The SMILES string of the molecule is O=C(NCCN1CCOCC1)c1cc(-c2ccccc2)c(N2CCCCC2)s1. The lowest BCUT2D eigenvalue weighted by Crippen LogP contribution is -2.41. The molecule has 2 aliphatic heterocycles. The maximum atomic E-state index is 12.8. The number of piperidine rings is 1. The van der Waals surface area contributed by atoms with Crippen molar-refractivity contribution in [3.05, 3.63) is 41.3 Å². The fourth-order valence-corrected chi connectivity index (χ4v) is 5.04. The summed E-state index contributed by atoms with van der Waals surface area (Å²) in [5, 5.41) is 4.35. The number of hydrogen-bond acceptors (Lipinski definition) is 5. The van der Waals surface area contributed by atoms with E-state index in [4.69, 9.17) is 4.74 Å². The highest BCUT2D eigenvalue weighted by atomic mass is 32.1. The van der Waals surface area contributed by atoms with Gasteiger partial charge in [-0.15, -0.1) is 11.3 Å². The van der Waals surface area contributed by atoms with Gasteiger partial charge in [0, 0.05) is 44.8 Å². The Morgan fingerprint density at radius 1 is 1.04 bits per heavy atom. The number of thiophene rings is 1. The van der Waals surface area contributed by atoms with Gasteiger partial charge < -0.3 is 15.0 Å². The van der Waals surface area contributed by atoms with Crippen molar-refractivity contribution in [1.82, 2.24) is 10.2 Å². The molecule has 2 aliphatic rings. The number of benzene rings is 1. The number of nitrogens with zero attached hydrogens (tertiary/aromatic N) is 2.